The standard InChI is InChI=1S/C21H23NO5/c1-14(18-11-10-17(25-2)13-19(18)26-3)22-20(23)12-7-15-5-8-16(9-6-15)21(24)27-4/h5-14H,1-4H3,(H,22,23)/b12-7+. The van der Waals surface area contributed by atoms with Crippen LogP contribution in [-0.2, 0) is 9.53 Å². The molecule has 27 heavy (non-hydrogen) atoms. The molecule has 142 valence electrons. The highest BCUT2D eigenvalue weighted by Crippen LogP contribution is 2.29. The average molecular weight is 369 g/mol. The Morgan fingerprint density at radius 1 is 1.00 bits per heavy atom. The fraction of sp³-hybridized carbons (Fsp3) is 0.238. The third kappa shape index (κ3) is 5.34. The minimum atomic E-state index is -0.398. The summed E-state index contributed by atoms with van der Waals surface area (Å²) in [6.45, 7) is 1.88. The van der Waals surface area contributed by atoms with Crippen LogP contribution in [0.2, 0.25) is 0 Å². The highest BCUT2D eigenvalue weighted by atomic mass is 16.5. The molecule has 2 aromatic carbocycles. The molecule has 1 amide bonds. The number of carbonyl (C=O) groups excluding carboxylic acids is 2. The van der Waals surface area contributed by atoms with Crippen LogP contribution in [0.4, 0.5) is 0 Å². The molecule has 0 spiro atoms. The number of hydrogen-bond donors (Lipinski definition) is 1. The van der Waals surface area contributed by atoms with Crippen LogP contribution < -0.4 is 14.8 Å². The third-order valence-corrected chi connectivity index (χ3v) is 4.02. The predicted molar refractivity (Wildman–Crippen MR) is 103 cm³/mol. The molecule has 2 aromatic rings. The lowest BCUT2D eigenvalue weighted by molar-refractivity contribution is -0.117. The Labute approximate surface area is 158 Å². The van der Waals surface area contributed by atoms with Crippen molar-refractivity contribution in [1.29, 1.82) is 0 Å². The van der Waals surface area contributed by atoms with E-state index in [0.29, 0.717) is 17.1 Å². The molecular formula is C21H23NO5. The van der Waals surface area contributed by atoms with Gasteiger partial charge in [-0.1, -0.05) is 12.1 Å². The Hall–Kier alpha value is -3.28. The van der Waals surface area contributed by atoms with Gasteiger partial charge in [-0.15, -0.1) is 0 Å². The zero-order valence-electron chi connectivity index (χ0n) is 15.8. The number of amides is 1. The largest absolute Gasteiger partial charge is 0.497 e. The first-order valence-electron chi connectivity index (χ1n) is 8.37. The van der Waals surface area contributed by atoms with Gasteiger partial charge in [-0.25, -0.2) is 4.79 Å². The van der Waals surface area contributed by atoms with Crippen molar-refractivity contribution < 1.29 is 23.8 Å². The minimum Gasteiger partial charge on any atom is -0.497 e. The Morgan fingerprint density at radius 2 is 1.70 bits per heavy atom. The Kier molecular flexibility index (Phi) is 7.00. The predicted octanol–water partition coefficient (Wildman–Crippen LogP) is 3.38. The van der Waals surface area contributed by atoms with Gasteiger partial charge in [-0.2, -0.15) is 0 Å². The maximum atomic E-state index is 12.2. The molecular weight excluding hydrogens is 346 g/mol. The van der Waals surface area contributed by atoms with Crippen LogP contribution in [0.15, 0.2) is 48.5 Å². The number of rotatable bonds is 7. The van der Waals surface area contributed by atoms with E-state index < -0.39 is 5.97 Å². The number of nitrogens with one attached hydrogen (secondary N) is 1. The normalized spacial score (nSPS) is 11.7. The van der Waals surface area contributed by atoms with Crippen molar-refractivity contribution in [3.8, 4) is 11.5 Å². The van der Waals surface area contributed by atoms with E-state index in [1.807, 2.05) is 19.1 Å². The molecule has 0 saturated heterocycles. The molecule has 0 saturated carbocycles. The summed E-state index contributed by atoms with van der Waals surface area (Å²) in [6, 6.07) is 12.0. The molecule has 6 heteroatoms. The van der Waals surface area contributed by atoms with Crippen molar-refractivity contribution in [1.82, 2.24) is 5.32 Å². The Morgan fingerprint density at radius 3 is 2.30 bits per heavy atom. The lowest BCUT2D eigenvalue weighted by Gasteiger charge is -2.17. The molecule has 6 nitrogen and oxygen atoms in total. The van der Waals surface area contributed by atoms with E-state index >= 15 is 0 Å². The van der Waals surface area contributed by atoms with E-state index in [4.69, 9.17) is 9.47 Å². The molecule has 2 rings (SSSR count). The first kappa shape index (κ1) is 20.0. The van der Waals surface area contributed by atoms with Gasteiger partial charge in [0, 0.05) is 17.7 Å². The van der Waals surface area contributed by atoms with Crippen LogP contribution in [0.5, 0.6) is 11.5 Å². The van der Waals surface area contributed by atoms with Gasteiger partial charge in [0.05, 0.1) is 32.9 Å². The van der Waals surface area contributed by atoms with Crippen molar-refractivity contribution in [2.75, 3.05) is 21.3 Å². The zero-order chi connectivity index (χ0) is 19.8. The van der Waals surface area contributed by atoms with Crippen molar-refractivity contribution in [3.05, 3.63) is 65.2 Å². The Bertz CT molecular complexity index is 827. The van der Waals surface area contributed by atoms with Crippen LogP contribution in [0.1, 0.15) is 34.5 Å². The second-order valence-electron chi connectivity index (χ2n) is 5.79. The summed E-state index contributed by atoms with van der Waals surface area (Å²) >= 11 is 0. The maximum Gasteiger partial charge on any atom is 0.337 e. The highest BCUT2D eigenvalue weighted by Gasteiger charge is 2.14. The summed E-state index contributed by atoms with van der Waals surface area (Å²) in [4.78, 5) is 23.6. The second-order valence-corrected chi connectivity index (χ2v) is 5.79. The molecule has 0 aliphatic heterocycles. The zero-order valence-corrected chi connectivity index (χ0v) is 15.8. The number of carbonyl (C=O) groups is 2. The lowest BCUT2D eigenvalue weighted by Crippen LogP contribution is -2.25. The van der Waals surface area contributed by atoms with Crippen molar-refractivity contribution in [2.45, 2.75) is 13.0 Å². The molecule has 0 aliphatic carbocycles. The van der Waals surface area contributed by atoms with Gasteiger partial charge < -0.3 is 19.5 Å². The summed E-state index contributed by atoms with van der Waals surface area (Å²) in [6.07, 6.45) is 3.12. The molecule has 0 radical (unpaired) electrons. The van der Waals surface area contributed by atoms with Gasteiger partial charge in [-0.3, -0.25) is 4.79 Å². The van der Waals surface area contributed by atoms with Crippen molar-refractivity contribution in [2.24, 2.45) is 0 Å². The SMILES string of the molecule is COC(=O)c1ccc(/C=C/C(=O)NC(C)c2ccc(OC)cc2OC)cc1. The fourth-order valence-electron chi connectivity index (χ4n) is 2.54. The van der Waals surface area contributed by atoms with Crippen LogP contribution in [0.3, 0.4) is 0 Å². The summed E-state index contributed by atoms with van der Waals surface area (Å²) in [5.74, 6) is 0.692. The van der Waals surface area contributed by atoms with Gasteiger partial charge in [0.1, 0.15) is 11.5 Å². The number of benzene rings is 2. The van der Waals surface area contributed by atoms with Gasteiger partial charge in [-0.05, 0) is 42.8 Å². The van der Waals surface area contributed by atoms with E-state index in [-0.39, 0.29) is 11.9 Å². The molecule has 0 aromatic heterocycles. The molecule has 0 fully saturated rings. The monoisotopic (exact) mass is 369 g/mol. The molecule has 0 aliphatic rings. The van der Waals surface area contributed by atoms with E-state index in [2.05, 4.69) is 10.1 Å². The van der Waals surface area contributed by atoms with Gasteiger partial charge in [0.15, 0.2) is 0 Å². The summed E-state index contributed by atoms with van der Waals surface area (Å²) in [5.41, 5.74) is 2.11. The molecule has 1 unspecified atom stereocenters. The average Bonchev–Trinajstić information content (AvgIpc) is 2.71. The first-order valence-corrected chi connectivity index (χ1v) is 8.37. The topological polar surface area (TPSA) is 73.9 Å². The van der Waals surface area contributed by atoms with E-state index in [1.165, 1.54) is 13.2 Å². The van der Waals surface area contributed by atoms with Crippen LogP contribution in [0.25, 0.3) is 6.08 Å². The molecule has 0 bridgehead atoms. The van der Waals surface area contributed by atoms with Gasteiger partial charge >= 0.3 is 5.97 Å². The van der Waals surface area contributed by atoms with Crippen LogP contribution >= 0.6 is 0 Å². The van der Waals surface area contributed by atoms with Crippen molar-refractivity contribution in [3.63, 3.8) is 0 Å². The van der Waals surface area contributed by atoms with Crippen molar-refractivity contribution >= 4 is 18.0 Å². The second kappa shape index (κ2) is 9.43. The summed E-state index contributed by atoms with van der Waals surface area (Å²) < 4.78 is 15.2. The molecule has 1 N–H and O–H groups in total. The fourth-order valence-corrected chi connectivity index (χ4v) is 2.54. The third-order valence-electron chi connectivity index (χ3n) is 4.02. The van der Waals surface area contributed by atoms with Crippen LogP contribution in [0, 0.1) is 0 Å². The van der Waals surface area contributed by atoms with Gasteiger partial charge in [0.25, 0.3) is 0 Å². The quantitative estimate of drug-likeness (QED) is 0.598. The van der Waals surface area contributed by atoms with E-state index in [9.17, 15) is 9.59 Å². The maximum absolute atomic E-state index is 12.2. The number of methoxy groups -OCH3 is 3. The Balaban J connectivity index is 2.02. The van der Waals surface area contributed by atoms with E-state index in [1.54, 1.807) is 50.6 Å². The smallest absolute Gasteiger partial charge is 0.337 e. The molecule has 1 atom stereocenters. The molecule has 0 heterocycles. The summed E-state index contributed by atoms with van der Waals surface area (Å²) in [5, 5.41) is 2.90. The van der Waals surface area contributed by atoms with E-state index in [0.717, 1.165) is 11.1 Å². The lowest BCUT2D eigenvalue weighted by atomic mass is 10.1. The number of esters is 1. The first-order chi connectivity index (χ1) is 13.0. The van der Waals surface area contributed by atoms with Gasteiger partial charge in [0.2, 0.25) is 5.91 Å². The number of hydrogen-bond acceptors (Lipinski definition) is 5. The number of ether oxygens (including phenoxy) is 3. The minimum absolute atomic E-state index is 0.239. The highest BCUT2D eigenvalue weighted by molar-refractivity contribution is 5.92. The van der Waals surface area contributed by atoms with Crippen LogP contribution in [-0.4, -0.2) is 33.2 Å². The summed E-state index contributed by atoms with van der Waals surface area (Å²) in [7, 11) is 4.49.